The Kier molecular flexibility index (Phi) is 7.56. The molecule has 7 heteroatoms. The predicted octanol–water partition coefficient (Wildman–Crippen LogP) is 2.99. The number of benzene rings is 3. The molecule has 0 saturated heterocycles. The van der Waals surface area contributed by atoms with Gasteiger partial charge in [-0.2, -0.15) is 0 Å². The fourth-order valence-electron chi connectivity index (χ4n) is 3.87. The largest absolute Gasteiger partial charge is 0.707 e. The van der Waals surface area contributed by atoms with E-state index >= 15 is 0 Å². The van der Waals surface area contributed by atoms with E-state index in [9.17, 15) is 0 Å². The van der Waals surface area contributed by atoms with Crippen LogP contribution in [0.25, 0.3) is 0 Å². The molecule has 0 spiro atoms. The summed E-state index contributed by atoms with van der Waals surface area (Å²) in [5.41, 5.74) is 0. The van der Waals surface area contributed by atoms with Gasteiger partial charge in [-0.25, -0.2) is 0 Å². The minimum atomic E-state index is -2.59. The molecule has 0 aliphatic carbocycles. The first-order valence-corrected chi connectivity index (χ1v) is 12.2. The summed E-state index contributed by atoms with van der Waals surface area (Å²) in [6.07, 6.45) is 0. The Morgan fingerprint density at radius 3 is 1.81 bits per heavy atom. The summed E-state index contributed by atoms with van der Waals surface area (Å²) >= 11 is 0. The quantitative estimate of drug-likeness (QED) is 0.399. The molecular formula is C24H29BO5Si. The van der Waals surface area contributed by atoms with E-state index in [0.29, 0.717) is 24.7 Å². The minimum Gasteiger partial charge on any atom is -0.512 e. The Bertz CT molecular complexity index is 905. The zero-order valence-electron chi connectivity index (χ0n) is 18.2. The van der Waals surface area contributed by atoms with Gasteiger partial charge in [0.15, 0.2) is 0 Å². The monoisotopic (exact) mass is 436 g/mol. The smallest absolute Gasteiger partial charge is 0.512 e. The van der Waals surface area contributed by atoms with Gasteiger partial charge in [-0.15, -0.1) is 0 Å². The van der Waals surface area contributed by atoms with E-state index in [0.717, 1.165) is 0 Å². The van der Waals surface area contributed by atoms with Gasteiger partial charge in [0.2, 0.25) is 0 Å². The summed E-state index contributed by atoms with van der Waals surface area (Å²) in [6.45, 7) is 7.49. The highest BCUT2D eigenvalue weighted by Gasteiger charge is 2.50. The summed E-state index contributed by atoms with van der Waals surface area (Å²) < 4.78 is 17.5. The molecule has 31 heavy (non-hydrogen) atoms. The average molecular weight is 436 g/mol. The molecule has 0 heterocycles. The van der Waals surface area contributed by atoms with Crippen molar-refractivity contribution in [2.45, 2.75) is 25.8 Å². The number of hydrogen-bond donors (Lipinski definition) is 2. The number of hydrogen-bond acceptors (Lipinski definition) is 5. The number of rotatable bonds is 9. The maximum Gasteiger partial charge on any atom is 0.707 e. The Hall–Kier alpha value is -2.58. The van der Waals surface area contributed by atoms with Crippen LogP contribution in [0.15, 0.2) is 84.9 Å². The second-order valence-electron chi connectivity index (χ2n) is 8.28. The molecule has 0 aliphatic rings. The lowest BCUT2D eigenvalue weighted by atomic mass is 10.2. The van der Waals surface area contributed by atoms with E-state index in [1.54, 1.807) is 24.3 Å². The van der Waals surface area contributed by atoms with Crippen molar-refractivity contribution in [3.63, 3.8) is 0 Å². The van der Waals surface area contributed by atoms with E-state index in [4.69, 9.17) is 23.9 Å². The van der Waals surface area contributed by atoms with E-state index in [1.807, 2.05) is 12.1 Å². The van der Waals surface area contributed by atoms with Crippen molar-refractivity contribution < 1.29 is 23.9 Å². The maximum atomic E-state index is 8.97. The Morgan fingerprint density at radius 1 is 0.742 bits per heavy atom. The molecule has 0 aliphatic heterocycles. The van der Waals surface area contributed by atoms with Gasteiger partial charge in [0.1, 0.15) is 18.1 Å². The SMILES string of the molecule is CC(C)(C)[Si](OCCOc1cccc(OB(O)O)c1)(c1ccccc1)c1ccccc1. The van der Waals surface area contributed by atoms with Crippen molar-refractivity contribution in [3.8, 4) is 11.5 Å². The molecule has 0 unspecified atom stereocenters. The van der Waals surface area contributed by atoms with Crippen LogP contribution < -0.4 is 19.8 Å². The summed E-state index contributed by atoms with van der Waals surface area (Å²) in [4.78, 5) is 0. The topological polar surface area (TPSA) is 68.2 Å². The van der Waals surface area contributed by atoms with Gasteiger partial charge in [-0.05, 0) is 27.5 Å². The zero-order valence-corrected chi connectivity index (χ0v) is 19.2. The predicted molar refractivity (Wildman–Crippen MR) is 126 cm³/mol. The van der Waals surface area contributed by atoms with Gasteiger partial charge >= 0.3 is 7.32 Å². The van der Waals surface area contributed by atoms with Gasteiger partial charge in [-0.1, -0.05) is 87.5 Å². The minimum absolute atomic E-state index is 0.0965. The molecule has 0 atom stereocenters. The molecule has 3 aromatic rings. The fraction of sp³-hybridized carbons (Fsp3) is 0.250. The maximum absolute atomic E-state index is 8.97. The Morgan fingerprint density at radius 2 is 1.29 bits per heavy atom. The van der Waals surface area contributed by atoms with Crippen LogP contribution in [-0.4, -0.2) is 38.9 Å². The van der Waals surface area contributed by atoms with Crippen LogP contribution in [-0.2, 0) is 4.43 Å². The van der Waals surface area contributed by atoms with Crippen LogP contribution in [0.3, 0.4) is 0 Å². The molecule has 2 N–H and O–H groups in total. The highest BCUT2D eigenvalue weighted by molar-refractivity contribution is 6.99. The third-order valence-corrected chi connectivity index (χ3v) is 10.2. The molecule has 3 rings (SSSR count). The van der Waals surface area contributed by atoms with E-state index in [-0.39, 0.29) is 5.04 Å². The van der Waals surface area contributed by atoms with Crippen molar-refractivity contribution >= 4 is 26.0 Å². The van der Waals surface area contributed by atoms with Gasteiger partial charge in [0, 0.05) is 6.07 Å². The molecular weight excluding hydrogens is 407 g/mol. The normalized spacial score (nSPS) is 11.8. The summed E-state index contributed by atoms with van der Waals surface area (Å²) in [5, 5.41) is 20.3. The van der Waals surface area contributed by atoms with Crippen LogP contribution >= 0.6 is 0 Å². The Labute approximate surface area is 185 Å². The third kappa shape index (κ3) is 5.57. The van der Waals surface area contributed by atoms with Crippen molar-refractivity contribution in [1.29, 1.82) is 0 Å². The van der Waals surface area contributed by atoms with Gasteiger partial charge in [0.25, 0.3) is 8.32 Å². The van der Waals surface area contributed by atoms with Crippen molar-refractivity contribution in [2.75, 3.05) is 13.2 Å². The molecule has 0 aromatic heterocycles. The molecule has 5 nitrogen and oxygen atoms in total. The molecule has 162 valence electrons. The van der Waals surface area contributed by atoms with Crippen LogP contribution in [0.5, 0.6) is 11.5 Å². The van der Waals surface area contributed by atoms with Gasteiger partial charge in [0.05, 0.1) is 6.61 Å². The standard InChI is InChI=1S/C24H29BO5Si/c1-24(2,3)31(22-13-6-4-7-14-22,23-15-8-5-9-16-23)29-18-17-28-20-11-10-12-21(19-20)30-25(26)27/h4-16,19,26-27H,17-18H2,1-3H3. The van der Waals surface area contributed by atoms with E-state index in [1.165, 1.54) is 10.4 Å². The van der Waals surface area contributed by atoms with E-state index < -0.39 is 15.6 Å². The summed E-state index contributed by atoms with van der Waals surface area (Å²) in [5.74, 6) is 0.893. The first-order chi connectivity index (χ1) is 14.8. The van der Waals surface area contributed by atoms with Gasteiger partial charge < -0.3 is 23.9 Å². The summed E-state index contributed by atoms with van der Waals surface area (Å²) in [6, 6.07) is 27.7. The Balaban J connectivity index is 1.80. The lowest BCUT2D eigenvalue weighted by Gasteiger charge is -2.43. The first-order valence-electron chi connectivity index (χ1n) is 10.3. The first kappa shape index (κ1) is 23.1. The second kappa shape index (κ2) is 10.2. The molecule has 0 bridgehead atoms. The van der Waals surface area contributed by atoms with Crippen LogP contribution in [0.4, 0.5) is 0 Å². The van der Waals surface area contributed by atoms with E-state index in [2.05, 4.69) is 69.3 Å². The lowest BCUT2D eigenvalue weighted by Crippen LogP contribution is -2.66. The molecule has 0 saturated carbocycles. The lowest BCUT2D eigenvalue weighted by molar-refractivity contribution is 0.207. The van der Waals surface area contributed by atoms with Crippen molar-refractivity contribution in [2.24, 2.45) is 0 Å². The highest BCUT2D eigenvalue weighted by Crippen LogP contribution is 2.36. The fourth-order valence-corrected chi connectivity index (χ4v) is 8.42. The number of ether oxygens (including phenoxy) is 1. The zero-order chi connectivity index (χ0) is 22.3. The molecule has 0 fully saturated rings. The molecule has 0 radical (unpaired) electrons. The highest BCUT2D eigenvalue weighted by atomic mass is 28.4. The van der Waals surface area contributed by atoms with Crippen LogP contribution in [0, 0.1) is 0 Å². The molecule has 0 amide bonds. The third-order valence-electron chi connectivity index (χ3n) is 5.13. The van der Waals surface area contributed by atoms with Gasteiger partial charge in [-0.3, -0.25) is 0 Å². The second-order valence-corrected chi connectivity index (χ2v) is 12.6. The summed E-state index contributed by atoms with van der Waals surface area (Å²) in [7, 11) is -4.46. The van der Waals surface area contributed by atoms with Crippen LogP contribution in [0.1, 0.15) is 20.8 Å². The van der Waals surface area contributed by atoms with Crippen molar-refractivity contribution in [3.05, 3.63) is 84.9 Å². The molecule has 3 aromatic carbocycles. The van der Waals surface area contributed by atoms with Crippen LogP contribution in [0.2, 0.25) is 5.04 Å². The average Bonchev–Trinajstić information content (AvgIpc) is 2.74. The van der Waals surface area contributed by atoms with Crippen molar-refractivity contribution in [1.82, 2.24) is 0 Å².